The molecular formula is C17H15FN4O2. The smallest absolute Gasteiger partial charge is 0.161 e. The number of aromatic nitrogens is 3. The van der Waals surface area contributed by atoms with Gasteiger partial charge < -0.3 is 15.2 Å². The molecule has 1 aromatic heterocycles. The molecule has 0 saturated carbocycles. The zero-order valence-corrected chi connectivity index (χ0v) is 12.7. The summed E-state index contributed by atoms with van der Waals surface area (Å²) in [6, 6.07) is 12.1. The third-order valence-electron chi connectivity index (χ3n) is 3.79. The highest BCUT2D eigenvalue weighted by Crippen LogP contribution is 2.31. The van der Waals surface area contributed by atoms with E-state index in [0.717, 1.165) is 11.5 Å². The highest BCUT2D eigenvalue weighted by atomic mass is 19.1. The Bertz CT molecular complexity index is 881. The van der Waals surface area contributed by atoms with Crippen molar-refractivity contribution in [3.8, 4) is 22.8 Å². The van der Waals surface area contributed by atoms with Crippen molar-refractivity contribution >= 4 is 5.69 Å². The van der Waals surface area contributed by atoms with Gasteiger partial charge in [0.25, 0.3) is 0 Å². The second kappa shape index (κ2) is 5.84. The number of fused-ring (bicyclic) bond motifs is 1. The lowest BCUT2D eigenvalue weighted by molar-refractivity contribution is 0.0755. The molecule has 0 radical (unpaired) electrons. The van der Waals surface area contributed by atoms with E-state index in [0.29, 0.717) is 24.4 Å². The van der Waals surface area contributed by atoms with Gasteiger partial charge in [0.15, 0.2) is 17.6 Å². The Balaban J connectivity index is 1.49. The zero-order valence-electron chi connectivity index (χ0n) is 12.7. The molecule has 4 rings (SSSR count). The topological polar surface area (TPSA) is 75.2 Å². The van der Waals surface area contributed by atoms with Crippen molar-refractivity contribution in [2.75, 3.05) is 12.3 Å². The number of nitrogens with two attached hydrogens (primary N) is 1. The largest absolute Gasteiger partial charge is 0.486 e. The van der Waals surface area contributed by atoms with E-state index in [9.17, 15) is 4.39 Å². The van der Waals surface area contributed by atoms with Gasteiger partial charge in [-0.3, -0.25) is 0 Å². The maximum atomic E-state index is 13.6. The van der Waals surface area contributed by atoms with Crippen LogP contribution < -0.4 is 15.2 Å². The van der Waals surface area contributed by atoms with Gasteiger partial charge in [-0.15, -0.1) is 5.10 Å². The Hall–Kier alpha value is -3.09. The van der Waals surface area contributed by atoms with Crippen LogP contribution in [0.4, 0.5) is 10.1 Å². The third-order valence-corrected chi connectivity index (χ3v) is 3.79. The van der Waals surface area contributed by atoms with Crippen molar-refractivity contribution in [3.05, 3.63) is 54.5 Å². The van der Waals surface area contributed by atoms with Gasteiger partial charge in [0.1, 0.15) is 18.1 Å². The fourth-order valence-corrected chi connectivity index (χ4v) is 2.57. The van der Waals surface area contributed by atoms with E-state index >= 15 is 0 Å². The van der Waals surface area contributed by atoms with Crippen molar-refractivity contribution in [1.29, 1.82) is 0 Å². The predicted octanol–water partition coefficient (Wildman–Crippen LogP) is 2.51. The Kier molecular flexibility index (Phi) is 3.53. The molecule has 2 N–H and O–H groups in total. The standard InChI is InChI=1S/C17H15FN4O2/c18-13-7-11(5-6-14(13)19)15-9-22(21-20-15)8-12-10-23-16-3-1-2-4-17(16)24-12/h1-7,9,12H,8,10,19H2. The first-order valence-corrected chi connectivity index (χ1v) is 7.53. The van der Waals surface area contributed by atoms with Gasteiger partial charge in [-0.2, -0.15) is 0 Å². The highest BCUT2D eigenvalue weighted by Gasteiger charge is 2.21. The summed E-state index contributed by atoms with van der Waals surface area (Å²) in [4.78, 5) is 0. The predicted molar refractivity (Wildman–Crippen MR) is 86.2 cm³/mol. The Morgan fingerprint density at radius 2 is 2.04 bits per heavy atom. The van der Waals surface area contributed by atoms with Gasteiger partial charge >= 0.3 is 0 Å². The van der Waals surface area contributed by atoms with E-state index < -0.39 is 5.82 Å². The fraction of sp³-hybridized carbons (Fsp3) is 0.176. The number of benzene rings is 2. The van der Waals surface area contributed by atoms with E-state index in [-0.39, 0.29) is 11.8 Å². The van der Waals surface area contributed by atoms with Crippen molar-refractivity contribution in [3.63, 3.8) is 0 Å². The van der Waals surface area contributed by atoms with Crippen LogP contribution in [0, 0.1) is 5.82 Å². The molecule has 1 aliphatic rings. The number of ether oxygens (including phenoxy) is 2. The molecule has 1 aliphatic heterocycles. The molecule has 0 fully saturated rings. The molecule has 1 unspecified atom stereocenters. The molecule has 24 heavy (non-hydrogen) atoms. The lowest BCUT2D eigenvalue weighted by Crippen LogP contribution is -2.33. The minimum absolute atomic E-state index is 0.109. The summed E-state index contributed by atoms with van der Waals surface area (Å²) in [6.45, 7) is 0.918. The van der Waals surface area contributed by atoms with Crippen molar-refractivity contribution in [1.82, 2.24) is 15.0 Å². The SMILES string of the molecule is Nc1ccc(-c2cn(CC3COc4ccccc4O3)nn2)cc1F. The van der Waals surface area contributed by atoms with Crippen LogP contribution >= 0.6 is 0 Å². The first-order valence-electron chi connectivity index (χ1n) is 7.53. The number of para-hydroxylation sites is 2. The van der Waals surface area contributed by atoms with Crippen LogP contribution in [0.25, 0.3) is 11.3 Å². The number of hydrogen-bond donors (Lipinski definition) is 1. The average molecular weight is 326 g/mol. The number of rotatable bonds is 3. The number of nitrogens with zero attached hydrogens (tertiary/aromatic N) is 3. The number of anilines is 1. The molecule has 122 valence electrons. The summed E-state index contributed by atoms with van der Waals surface area (Å²) in [5, 5.41) is 8.15. The minimum atomic E-state index is -0.470. The van der Waals surface area contributed by atoms with Gasteiger partial charge in [0.05, 0.1) is 18.4 Å². The molecule has 0 saturated heterocycles. The summed E-state index contributed by atoms with van der Waals surface area (Å²) in [5.41, 5.74) is 6.80. The van der Waals surface area contributed by atoms with Crippen LogP contribution in [0.15, 0.2) is 48.7 Å². The fourth-order valence-electron chi connectivity index (χ4n) is 2.57. The van der Waals surface area contributed by atoms with Crippen LogP contribution in [0.1, 0.15) is 0 Å². The summed E-state index contributed by atoms with van der Waals surface area (Å²) in [6.07, 6.45) is 1.58. The molecule has 0 bridgehead atoms. The Morgan fingerprint density at radius 1 is 1.21 bits per heavy atom. The molecular weight excluding hydrogens is 311 g/mol. The first kappa shape index (κ1) is 14.5. The van der Waals surface area contributed by atoms with Crippen LogP contribution in [-0.2, 0) is 6.54 Å². The zero-order chi connectivity index (χ0) is 16.5. The molecule has 0 spiro atoms. The molecule has 0 amide bonds. The summed E-state index contributed by atoms with van der Waals surface area (Å²) < 4.78 is 26.8. The van der Waals surface area contributed by atoms with Crippen LogP contribution in [0.2, 0.25) is 0 Å². The van der Waals surface area contributed by atoms with Crippen LogP contribution in [0.3, 0.4) is 0 Å². The normalized spacial score (nSPS) is 16.1. The van der Waals surface area contributed by atoms with E-state index in [4.69, 9.17) is 15.2 Å². The van der Waals surface area contributed by atoms with Crippen molar-refractivity contribution in [2.24, 2.45) is 0 Å². The first-order chi connectivity index (χ1) is 11.7. The quantitative estimate of drug-likeness (QED) is 0.749. The molecule has 2 heterocycles. The van der Waals surface area contributed by atoms with Crippen LogP contribution in [-0.4, -0.2) is 27.7 Å². The van der Waals surface area contributed by atoms with Crippen molar-refractivity contribution < 1.29 is 13.9 Å². The van der Waals surface area contributed by atoms with Gasteiger partial charge in [-0.25, -0.2) is 9.07 Å². The Morgan fingerprint density at radius 3 is 2.88 bits per heavy atom. The van der Waals surface area contributed by atoms with E-state index in [1.165, 1.54) is 12.1 Å². The summed E-state index contributed by atoms with van der Waals surface area (Å²) >= 11 is 0. The van der Waals surface area contributed by atoms with Gasteiger partial charge in [-0.1, -0.05) is 23.4 Å². The minimum Gasteiger partial charge on any atom is -0.486 e. The third kappa shape index (κ3) is 2.76. The van der Waals surface area contributed by atoms with E-state index in [2.05, 4.69) is 10.3 Å². The van der Waals surface area contributed by atoms with Gasteiger partial charge in [-0.05, 0) is 24.3 Å². The molecule has 6 nitrogen and oxygen atoms in total. The van der Waals surface area contributed by atoms with Gasteiger partial charge in [0.2, 0.25) is 0 Å². The maximum absolute atomic E-state index is 13.6. The highest BCUT2D eigenvalue weighted by molar-refractivity contribution is 5.61. The molecule has 0 aliphatic carbocycles. The second-order valence-corrected chi connectivity index (χ2v) is 5.56. The van der Waals surface area contributed by atoms with Crippen LogP contribution in [0.5, 0.6) is 11.5 Å². The lowest BCUT2D eigenvalue weighted by Gasteiger charge is -2.26. The number of halogens is 1. The number of nitrogen functional groups attached to an aromatic ring is 1. The second-order valence-electron chi connectivity index (χ2n) is 5.56. The molecule has 1 atom stereocenters. The van der Waals surface area contributed by atoms with Crippen molar-refractivity contribution in [2.45, 2.75) is 12.6 Å². The monoisotopic (exact) mass is 326 g/mol. The summed E-state index contributed by atoms with van der Waals surface area (Å²) in [7, 11) is 0. The van der Waals surface area contributed by atoms with E-state index in [1.54, 1.807) is 16.9 Å². The summed E-state index contributed by atoms with van der Waals surface area (Å²) in [5.74, 6) is 0.989. The maximum Gasteiger partial charge on any atom is 0.161 e. The molecule has 2 aromatic carbocycles. The average Bonchev–Trinajstić information content (AvgIpc) is 3.06. The van der Waals surface area contributed by atoms with E-state index in [1.807, 2.05) is 24.3 Å². The molecule has 7 heteroatoms. The Labute approximate surface area is 137 Å². The molecule has 3 aromatic rings. The lowest BCUT2D eigenvalue weighted by atomic mass is 10.1. The number of hydrogen-bond acceptors (Lipinski definition) is 5. The van der Waals surface area contributed by atoms with Gasteiger partial charge in [0, 0.05) is 5.56 Å².